The molecule has 3 aromatic heterocycles. The minimum atomic E-state index is -1.08. The van der Waals surface area contributed by atoms with Crippen molar-refractivity contribution in [3.63, 3.8) is 0 Å². The highest BCUT2D eigenvalue weighted by Gasteiger charge is 2.52. The van der Waals surface area contributed by atoms with Crippen molar-refractivity contribution >= 4 is 27.8 Å². The van der Waals surface area contributed by atoms with Crippen molar-refractivity contribution in [3.8, 4) is 0 Å². The summed E-state index contributed by atoms with van der Waals surface area (Å²) in [7, 11) is 4.08. The number of nitrogens with zero attached hydrogens (tertiary/aromatic N) is 3. The van der Waals surface area contributed by atoms with Gasteiger partial charge in [0.1, 0.15) is 0 Å². The maximum absolute atomic E-state index is 13.2. The van der Waals surface area contributed by atoms with Gasteiger partial charge in [0.25, 0.3) is 0 Å². The molecule has 0 saturated heterocycles. The van der Waals surface area contributed by atoms with Gasteiger partial charge in [-0.3, -0.25) is 4.98 Å². The van der Waals surface area contributed by atoms with E-state index in [0.717, 1.165) is 44.2 Å². The van der Waals surface area contributed by atoms with Gasteiger partial charge in [0.2, 0.25) is 0 Å². The molecule has 0 N–H and O–H groups in total. The van der Waals surface area contributed by atoms with Crippen LogP contribution in [-0.2, 0) is 24.4 Å². The standard InChI is InChI=1S/C26H21N3O2/c1-16-24(19-9-5-7-11-23(19)29(16)3)26(20-14-27-13-12-18(20)25(30)31-26)21-15-28(2)22-10-6-4-8-17(21)22/h4-15H,1-3H3. The number of aromatic nitrogens is 3. The van der Waals surface area contributed by atoms with Gasteiger partial charge >= 0.3 is 5.97 Å². The second-order valence-electron chi connectivity index (χ2n) is 8.20. The first kappa shape index (κ1) is 18.0. The minimum Gasteiger partial charge on any atom is -0.440 e. The van der Waals surface area contributed by atoms with E-state index in [-0.39, 0.29) is 5.97 Å². The zero-order chi connectivity index (χ0) is 21.3. The van der Waals surface area contributed by atoms with Crippen molar-refractivity contribution in [2.75, 3.05) is 0 Å². The van der Waals surface area contributed by atoms with Crippen LogP contribution < -0.4 is 0 Å². The molecule has 6 rings (SSSR count). The maximum atomic E-state index is 13.2. The minimum absolute atomic E-state index is 0.322. The van der Waals surface area contributed by atoms with Crippen LogP contribution in [0.2, 0.25) is 0 Å². The molecule has 0 saturated carbocycles. The van der Waals surface area contributed by atoms with Crippen molar-refractivity contribution in [2.45, 2.75) is 12.5 Å². The number of benzene rings is 2. The molecule has 152 valence electrons. The van der Waals surface area contributed by atoms with E-state index in [9.17, 15) is 4.79 Å². The Bertz CT molecular complexity index is 1520. The molecular formula is C26H21N3O2. The lowest BCUT2D eigenvalue weighted by atomic mass is 9.79. The van der Waals surface area contributed by atoms with Crippen LogP contribution in [0.4, 0.5) is 0 Å². The Morgan fingerprint density at radius 2 is 1.61 bits per heavy atom. The van der Waals surface area contributed by atoms with E-state index >= 15 is 0 Å². The van der Waals surface area contributed by atoms with E-state index in [1.54, 1.807) is 18.5 Å². The Balaban J connectivity index is 1.84. The Morgan fingerprint density at radius 3 is 2.42 bits per heavy atom. The second-order valence-corrected chi connectivity index (χ2v) is 8.20. The monoisotopic (exact) mass is 407 g/mol. The van der Waals surface area contributed by atoms with Crippen LogP contribution in [0.15, 0.2) is 73.2 Å². The van der Waals surface area contributed by atoms with E-state index in [4.69, 9.17) is 4.74 Å². The topological polar surface area (TPSA) is 49.1 Å². The van der Waals surface area contributed by atoms with Crippen LogP contribution >= 0.6 is 0 Å². The highest BCUT2D eigenvalue weighted by Crippen LogP contribution is 2.52. The van der Waals surface area contributed by atoms with Gasteiger partial charge in [0.15, 0.2) is 5.60 Å². The fourth-order valence-corrected chi connectivity index (χ4v) is 5.21. The number of cyclic esters (lactones) is 1. The molecule has 0 fully saturated rings. The second kappa shape index (κ2) is 6.08. The highest BCUT2D eigenvalue weighted by molar-refractivity contribution is 6.00. The number of ether oxygens (including phenoxy) is 1. The van der Waals surface area contributed by atoms with Crippen LogP contribution in [0.3, 0.4) is 0 Å². The number of para-hydroxylation sites is 2. The van der Waals surface area contributed by atoms with E-state index in [2.05, 4.69) is 58.6 Å². The summed E-state index contributed by atoms with van der Waals surface area (Å²) in [5.41, 5.74) is 5.45. The van der Waals surface area contributed by atoms with Crippen LogP contribution in [0.5, 0.6) is 0 Å². The molecule has 0 aliphatic carbocycles. The predicted octanol–water partition coefficient (Wildman–Crippen LogP) is 4.84. The van der Waals surface area contributed by atoms with Crippen molar-refractivity contribution in [3.05, 3.63) is 101 Å². The normalized spacial score (nSPS) is 18.0. The molecule has 5 nitrogen and oxygen atoms in total. The number of aryl methyl sites for hydroxylation is 2. The van der Waals surface area contributed by atoms with Gasteiger partial charge in [-0.1, -0.05) is 36.4 Å². The largest absolute Gasteiger partial charge is 0.440 e. The number of carbonyl (C=O) groups is 1. The number of esters is 1. The summed E-state index contributed by atoms with van der Waals surface area (Å²) >= 11 is 0. The summed E-state index contributed by atoms with van der Waals surface area (Å²) in [6.07, 6.45) is 5.51. The first-order valence-corrected chi connectivity index (χ1v) is 10.3. The van der Waals surface area contributed by atoms with Crippen molar-refractivity contribution in [2.24, 2.45) is 14.1 Å². The van der Waals surface area contributed by atoms with Gasteiger partial charge in [-0.15, -0.1) is 0 Å². The Hall–Kier alpha value is -3.86. The van der Waals surface area contributed by atoms with E-state index < -0.39 is 5.60 Å². The number of rotatable bonds is 2. The molecule has 1 aliphatic rings. The van der Waals surface area contributed by atoms with Crippen LogP contribution in [0.25, 0.3) is 21.8 Å². The van der Waals surface area contributed by atoms with E-state index in [1.165, 1.54) is 0 Å². The van der Waals surface area contributed by atoms with Gasteiger partial charge in [-0.05, 0) is 25.1 Å². The van der Waals surface area contributed by atoms with Gasteiger partial charge < -0.3 is 13.9 Å². The SMILES string of the molecule is Cc1c(C2(c3cn(C)c4ccccc34)OC(=O)c3ccncc32)c2ccccc2n1C. The molecule has 31 heavy (non-hydrogen) atoms. The molecule has 0 amide bonds. The molecular weight excluding hydrogens is 386 g/mol. The number of hydrogen-bond donors (Lipinski definition) is 0. The first-order valence-electron chi connectivity index (χ1n) is 10.3. The lowest BCUT2D eigenvalue weighted by Gasteiger charge is -2.30. The van der Waals surface area contributed by atoms with Crippen LogP contribution in [-0.4, -0.2) is 20.1 Å². The lowest BCUT2D eigenvalue weighted by molar-refractivity contribution is 0.0257. The van der Waals surface area contributed by atoms with Crippen LogP contribution in [0.1, 0.15) is 32.7 Å². The average Bonchev–Trinajstić information content (AvgIpc) is 3.38. The van der Waals surface area contributed by atoms with Crippen molar-refractivity contribution in [1.82, 2.24) is 14.1 Å². The Morgan fingerprint density at radius 1 is 0.903 bits per heavy atom. The fourth-order valence-electron chi connectivity index (χ4n) is 5.21. The molecule has 1 aliphatic heterocycles. The molecule has 5 aromatic rings. The highest BCUT2D eigenvalue weighted by atomic mass is 16.6. The Kier molecular flexibility index (Phi) is 3.52. The third kappa shape index (κ3) is 2.15. The van der Waals surface area contributed by atoms with Gasteiger partial charge in [0.05, 0.1) is 5.56 Å². The predicted molar refractivity (Wildman–Crippen MR) is 120 cm³/mol. The summed E-state index contributed by atoms with van der Waals surface area (Å²) in [6, 6.07) is 18.3. The molecule has 0 bridgehead atoms. The molecule has 0 radical (unpaired) electrons. The average molecular weight is 407 g/mol. The summed E-state index contributed by atoms with van der Waals surface area (Å²) in [5, 5.41) is 2.13. The van der Waals surface area contributed by atoms with Gasteiger partial charge in [-0.25, -0.2) is 4.79 Å². The molecule has 1 atom stereocenters. The number of hydrogen-bond acceptors (Lipinski definition) is 3. The summed E-state index contributed by atoms with van der Waals surface area (Å²) < 4.78 is 10.7. The van der Waals surface area contributed by atoms with Gasteiger partial charge in [-0.2, -0.15) is 0 Å². The maximum Gasteiger partial charge on any atom is 0.340 e. The molecule has 0 spiro atoms. The number of pyridine rings is 1. The van der Waals surface area contributed by atoms with Crippen molar-refractivity contribution in [1.29, 1.82) is 0 Å². The van der Waals surface area contributed by atoms with E-state index in [0.29, 0.717) is 5.56 Å². The molecule has 2 aromatic carbocycles. The zero-order valence-corrected chi connectivity index (χ0v) is 17.6. The molecule has 5 heteroatoms. The van der Waals surface area contributed by atoms with Crippen LogP contribution in [0, 0.1) is 6.92 Å². The third-order valence-corrected chi connectivity index (χ3v) is 6.69. The van der Waals surface area contributed by atoms with Crippen molar-refractivity contribution < 1.29 is 9.53 Å². The fraction of sp³-hybridized carbons (Fsp3) is 0.154. The third-order valence-electron chi connectivity index (χ3n) is 6.69. The Labute approximate surface area is 179 Å². The summed E-state index contributed by atoms with van der Waals surface area (Å²) in [4.78, 5) is 17.6. The summed E-state index contributed by atoms with van der Waals surface area (Å²) in [5.74, 6) is -0.322. The van der Waals surface area contributed by atoms with E-state index in [1.807, 2.05) is 31.3 Å². The smallest absolute Gasteiger partial charge is 0.340 e. The quantitative estimate of drug-likeness (QED) is 0.394. The number of fused-ring (bicyclic) bond motifs is 3. The molecule has 4 heterocycles. The molecule has 1 unspecified atom stereocenters. The zero-order valence-electron chi connectivity index (χ0n) is 17.6. The first-order chi connectivity index (χ1) is 15.0. The number of carbonyl (C=O) groups excluding carboxylic acids is 1. The van der Waals surface area contributed by atoms with Gasteiger partial charge in [0, 0.05) is 76.9 Å². The lowest BCUT2D eigenvalue weighted by Crippen LogP contribution is -2.30. The summed E-state index contributed by atoms with van der Waals surface area (Å²) in [6.45, 7) is 2.09.